The van der Waals surface area contributed by atoms with Gasteiger partial charge in [-0.2, -0.15) is 0 Å². The Hall–Kier alpha value is -0.580. The van der Waals surface area contributed by atoms with Crippen molar-refractivity contribution in [3.8, 4) is 0 Å². The molecule has 1 heterocycles. The molecule has 1 unspecified atom stereocenters. The van der Waals surface area contributed by atoms with E-state index in [0.29, 0.717) is 4.47 Å². The van der Waals surface area contributed by atoms with E-state index in [4.69, 9.17) is 11.6 Å². The van der Waals surface area contributed by atoms with Crippen molar-refractivity contribution >= 4 is 44.6 Å². The Bertz CT molecular complexity index is 613. The molecule has 1 nitrogen and oxygen atoms in total. The van der Waals surface area contributed by atoms with Gasteiger partial charge in [0.2, 0.25) is 0 Å². The minimum absolute atomic E-state index is 0.230. The highest BCUT2D eigenvalue weighted by molar-refractivity contribution is 9.10. The van der Waals surface area contributed by atoms with Crippen LogP contribution in [0.3, 0.4) is 0 Å². The Morgan fingerprint density at radius 2 is 2.21 bits per heavy atom. The highest BCUT2D eigenvalue weighted by atomic mass is 79.9. The maximum absolute atomic E-state index is 13.5. The summed E-state index contributed by atoms with van der Waals surface area (Å²) in [5.41, 5.74) is 2.07. The number of nitrogens with one attached hydrogen (secondary N) is 1. The summed E-state index contributed by atoms with van der Waals surface area (Å²) in [7, 11) is 0. The first kappa shape index (κ1) is 13.4. The molecule has 1 aromatic heterocycles. The van der Waals surface area contributed by atoms with Crippen LogP contribution in [0.15, 0.2) is 28.7 Å². The summed E-state index contributed by atoms with van der Waals surface area (Å²) in [4.78, 5) is 1.35. The van der Waals surface area contributed by atoms with Gasteiger partial charge < -0.3 is 5.32 Å². The predicted octanol–water partition coefficient (Wildman–Crippen LogP) is 5.79. The van der Waals surface area contributed by atoms with Crippen LogP contribution in [0.25, 0.3) is 0 Å². The molecule has 0 saturated carbocycles. The molecule has 1 atom stereocenters. The molecule has 0 radical (unpaired) electrons. The molecule has 0 saturated heterocycles. The lowest BCUT2D eigenvalue weighted by atomic mass is 9.94. The number of aryl methyl sites for hydroxylation is 1. The zero-order valence-electron chi connectivity index (χ0n) is 10.1. The number of fused-ring (bicyclic) bond motifs is 1. The first-order valence-electron chi connectivity index (χ1n) is 6.13. The number of hydrogen-bond donors (Lipinski definition) is 1. The van der Waals surface area contributed by atoms with Crippen molar-refractivity contribution in [1.29, 1.82) is 0 Å². The molecule has 1 N–H and O–H groups in total. The van der Waals surface area contributed by atoms with Gasteiger partial charge in [0.25, 0.3) is 0 Å². The van der Waals surface area contributed by atoms with Crippen molar-refractivity contribution in [2.75, 3.05) is 5.32 Å². The van der Waals surface area contributed by atoms with Gasteiger partial charge >= 0.3 is 0 Å². The number of anilines is 1. The Morgan fingerprint density at radius 1 is 1.37 bits per heavy atom. The molecular formula is C14H12BrClFNS. The Labute approximate surface area is 128 Å². The second kappa shape index (κ2) is 5.43. The average Bonchev–Trinajstić information content (AvgIpc) is 2.75. The molecule has 100 valence electrons. The second-order valence-corrected chi connectivity index (χ2v) is 7.27. The van der Waals surface area contributed by atoms with Crippen molar-refractivity contribution in [2.24, 2.45) is 0 Å². The largest absolute Gasteiger partial charge is 0.378 e. The Kier molecular flexibility index (Phi) is 3.83. The van der Waals surface area contributed by atoms with Crippen LogP contribution in [0.4, 0.5) is 10.1 Å². The normalized spacial score (nSPS) is 18.2. The van der Waals surface area contributed by atoms with Crippen molar-refractivity contribution < 1.29 is 4.39 Å². The Morgan fingerprint density at radius 3 is 3.00 bits per heavy atom. The molecule has 0 aliphatic heterocycles. The third-order valence-corrected chi connectivity index (χ3v) is 5.33. The van der Waals surface area contributed by atoms with Gasteiger partial charge in [-0.05, 0) is 65.0 Å². The van der Waals surface area contributed by atoms with Gasteiger partial charge in [-0.25, -0.2) is 4.39 Å². The SMILES string of the molecule is Fc1cc(NC2CCCc3sc(Cl)cc32)ccc1Br. The maximum atomic E-state index is 13.5. The van der Waals surface area contributed by atoms with E-state index in [1.54, 1.807) is 17.4 Å². The molecule has 19 heavy (non-hydrogen) atoms. The van der Waals surface area contributed by atoms with E-state index in [2.05, 4.69) is 21.2 Å². The fourth-order valence-electron chi connectivity index (χ4n) is 2.46. The summed E-state index contributed by atoms with van der Waals surface area (Å²) in [6.07, 6.45) is 3.29. The van der Waals surface area contributed by atoms with Crippen LogP contribution in [0, 0.1) is 5.82 Å². The van der Waals surface area contributed by atoms with Gasteiger partial charge in [0.05, 0.1) is 14.9 Å². The summed E-state index contributed by atoms with van der Waals surface area (Å²) in [5.74, 6) is -0.246. The summed E-state index contributed by atoms with van der Waals surface area (Å²) in [5, 5.41) is 3.41. The molecular weight excluding hydrogens is 349 g/mol. The van der Waals surface area contributed by atoms with E-state index in [9.17, 15) is 4.39 Å². The minimum atomic E-state index is -0.246. The quantitative estimate of drug-likeness (QED) is 0.714. The van der Waals surface area contributed by atoms with Crippen LogP contribution in [0.2, 0.25) is 4.34 Å². The topological polar surface area (TPSA) is 12.0 Å². The fraction of sp³-hybridized carbons (Fsp3) is 0.286. The summed E-state index contributed by atoms with van der Waals surface area (Å²) in [6, 6.07) is 7.39. The van der Waals surface area contributed by atoms with E-state index < -0.39 is 0 Å². The zero-order chi connectivity index (χ0) is 13.4. The van der Waals surface area contributed by atoms with Crippen molar-refractivity contribution in [1.82, 2.24) is 0 Å². The number of rotatable bonds is 2. The molecule has 0 spiro atoms. The summed E-state index contributed by atoms with van der Waals surface area (Å²) >= 11 is 10.9. The number of halogens is 3. The van der Waals surface area contributed by atoms with Gasteiger partial charge in [-0.3, -0.25) is 0 Å². The lowest BCUT2D eigenvalue weighted by molar-refractivity contribution is 0.604. The molecule has 3 rings (SSSR count). The Balaban J connectivity index is 1.86. The van der Waals surface area contributed by atoms with Crippen LogP contribution in [-0.4, -0.2) is 0 Å². The number of hydrogen-bond acceptors (Lipinski definition) is 2. The molecule has 0 amide bonds. The third kappa shape index (κ3) is 2.81. The monoisotopic (exact) mass is 359 g/mol. The molecule has 1 aliphatic carbocycles. The molecule has 1 aromatic carbocycles. The number of thiophene rings is 1. The van der Waals surface area contributed by atoms with E-state index in [1.165, 1.54) is 16.5 Å². The van der Waals surface area contributed by atoms with Crippen LogP contribution in [0.1, 0.15) is 29.3 Å². The fourth-order valence-corrected chi connectivity index (χ4v) is 4.09. The molecule has 2 aromatic rings. The summed E-state index contributed by atoms with van der Waals surface area (Å²) in [6.45, 7) is 0. The van der Waals surface area contributed by atoms with E-state index in [1.807, 2.05) is 12.1 Å². The average molecular weight is 361 g/mol. The van der Waals surface area contributed by atoms with E-state index in [-0.39, 0.29) is 11.9 Å². The minimum Gasteiger partial charge on any atom is -0.378 e. The third-order valence-electron chi connectivity index (χ3n) is 3.34. The van der Waals surface area contributed by atoms with E-state index in [0.717, 1.165) is 29.3 Å². The second-order valence-electron chi connectivity index (χ2n) is 4.65. The van der Waals surface area contributed by atoms with Crippen LogP contribution in [0.5, 0.6) is 0 Å². The highest BCUT2D eigenvalue weighted by Gasteiger charge is 2.22. The molecule has 1 aliphatic rings. The van der Waals surface area contributed by atoms with Crippen molar-refractivity contribution in [3.63, 3.8) is 0 Å². The lowest BCUT2D eigenvalue weighted by Crippen LogP contribution is -2.15. The van der Waals surface area contributed by atoms with Gasteiger partial charge in [0.15, 0.2) is 0 Å². The van der Waals surface area contributed by atoms with E-state index >= 15 is 0 Å². The van der Waals surface area contributed by atoms with Crippen LogP contribution >= 0.6 is 38.9 Å². The lowest BCUT2D eigenvalue weighted by Gasteiger charge is -2.24. The standard InChI is InChI=1S/C14H12BrClFNS/c15-10-5-4-8(6-11(10)17)18-12-2-1-3-13-9(12)7-14(16)19-13/h4-7,12,18H,1-3H2. The van der Waals surface area contributed by atoms with Crippen molar-refractivity contribution in [3.05, 3.63) is 49.3 Å². The molecule has 0 fully saturated rings. The van der Waals surface area contributed by atoms with Gasteiger partial charge in [0.1, 0.15) is 5.82 Å². The van der Waals surface area contributed by atoms with Crippen LogP contribution in [-0.2, 0) is 6.42 Å². The van der Waals surface area contributed by atoms with Crippen molar-refractivity contribution in [2.45, 2.75) is 25.3 Å². The maximum Gasteiger partial charge on any atom is 0.139 e. The first-order valence-corrected chi connectivity index (χ1v) is 8.12. The first-order chi connectivity index (χ1) is 9.13. The highest BCUT2D eigenvalue weighted by Crippen LogP contribution is 2.39. The van der Waals surface area contributed by atoms with Gasteiger partial charge in [-0.1, -0.05) is 11.6 Å². The number of benzene rings is 1. The van der Waals surface area contributed by atoms with Gasteiger partial charge in [-0.15, -0.1) is 11.3 Å². The van der Waals surface area contributed by atoms with Gasteiger partial charge in [0, 0.05) is 10.6 Å². The molecule has 0 bridgehead atoms. The predicted molar refractivity (Wildman–Crippen MR) is 82.7 cm³/mol. The van der Waals surface area contributed by atoms with Crippen LogP contribution < -0.4 is 5.32 Å². The summed E-state index contributed by atoms with van der Waals surface area (Å²) < 4.78 is 14.8. The molecule has 5 heteroatoms. The zero-order valence-corrected chi connectivity index (χ0v) is 13.2. The smallest absolute Gasteiger partial charge is 0.139 e.